The molecule has 0 fully saturated rings. The second-order valence-electron chi connectivity index (χ2n) is 3.78. The molecular formula is C12H18N2O3. The Kier molecular flexibility index (Phi) is 4.90. The van der Waals surface area contributed by atoms with Crippen LogP contribution in [0.15, 0.2) is 12.1 Å². The molecule has 1 aromatic rings. The molecule has 0 spiro atoms. The maximum absolute atomic E-state index is 11.3. The second-order valence-corrected chi connectivity index (χ2v) is 3.78. The van der Waals surface area contributed by atoms with Crippen molar-refractivity contribution >= 4 is 5.97 Å². The lowest BCUT2D eigenvalue weighted by molar-refractivity contribution is -0.143. The molecule has 2 N–H and O–H groups in total. The number of methoxy groups -OCH3 is 1. The molecule has 0 aliphatic rings. The molecule has 1 unspecified atom stereocenters. The SMILES string of the molecule is CCC(NCc1nc(C)ccc1O)C(=O)OC. The minimum atomic E-state index is -0.373. The number of carbonyl (C=O) groups excluding carboxylic acids is 1. The summed E-state index contributed by atoms with van der Waals surface area (Å²) in [7, 11) is 1.36. The lowest BCUT2D eigenvalue weighted by Gasteiger charge is -2.14. The van der Waals surface area contributed by atoms with Crippen LogP contribution in [0.25, 0.3) is 0 Å². The number of esters is 1. The van der Waals surface area contributed by atoms with E-state index in [9.17, 15) is 9.90 Å². The van der Waals surface area contributed by atoms with Gasteiger partial charge in [0.05, 0.1) is 12.8 Å². The summed E-state index contributed by atoms with van der Waals surface area (Å²) in [6, 6.07) is 2.95. The van der Waals surface area contributed by atoms with Crippen LogP contribution in [0.1, 0.15) is 24.7 Å². The molecule has 0 radical (unpaired) electrons. The first-order valence-electron chi connectivity index (χ1n) is 5.55. The van der Waals surface area contributed by atoms with Crippen LogP contribution in [0.3, 0.4) is 0 Å². The number of rotatable bonds is 5. The highest BCUT2D eigenvalue weighted by Crippen LogP contribution is 2.14. The van der Waals surface area contributed by atoms with Gasteiger partial charge in [-0.25, -0.2) is 0 Å². The van der Waals surface area contributed by atoms with Gasteiger partial charge in [-0.1, -0.05) is 6.92 Å². The molecule has 17 heavy (non-hydrogen) atoms. The minimum absolute atomic E-state index is 0.128. The molecule has 0 aliphatic heterocycles. The highest BCUT2D eigenvalue weighted by atomic mass is 16.5. The standard InChI is InChI=1S/C12H18N2O3/c1-4-9(12(16)17-3)13-7-10-11(15)6-5-8(2)14-10/h5-6,9,13,15H,4,7H2,1-3H3. The first-order valence-corrected chi connectivity index (χ1v) is 5.55. The van der Waals surface area contributed by atoms with E-state index in [0.717, 1.165) is 5.69 Å². The Hall–Kier alpha value is -1.62. The van der Waals surface area contributed by atoms with E-state index in [0.29, 0.717) is 18.7 Å². The average Bonchev–Trinajstić information content (AvgIpc) is 2.33. The fourth-order valence-corrected chi connectivity index (χ4v) is 1.49. The molecule has 0 saturated heterocycles. The lowest BCUT2D eigenvalue weighted by atomic mass is 10.2. The Morgan fingerprint density at radius 2 is 2.29 bits per heavy atom. The molecular weight excluding hydrogens is 220 g/mol. The van der Waals surface area contributed by atoms with Crippen LogP contribution in [0, 0.1) is 6.92 Å². The van der Waals surface area contributed by atoms with Crippen molar-refractivity contribution < 1.29 is 14.6 Å². The second kappa shape index (κ2) is 6.20. The summed E-state index contributed by atoms with van der Waals surface area (Å²) in [4.78, 5) is 15.5. The van der Waals surface area contributed by atoms with Crippen LogP contribution in [-0.4, -0.2) is 29.2 Å². The van der Waals surface area contributed by atoms with Crippen molar-refractivity contribution in [3.63, 3.8) is 0 Å². The summed E-state index contributed by atoms with van der Waals surface area (Å²) in [5.74, 6) is -0.178. The average molecular weight is 238 g/mol. The zero-order valence-corrected chi connectivity index (χ0v) is 10.4. The summed E-state index contributed by atoms with van der Waals surface area (Å²) >= 11 is 0. The van der Waals surface area contributed by atoms with Gasteiger partial charge in [-0.2, -0.15) is 0 Å². The first-order chi connectivity index (χ1) is 8.08. The van der Waals surface area contributed by atoms with Crippen molar-refractivity contribution in [1.82, 2.24) is 10.3 Å². The minimum Gasteiger partial charge on any atom is -0.506 e. The van der Waals surface area contributed by atoms with Crippen LogP contribution < -0.4 is 5.32 Å². The van der Waals surface area contributed by atoms with Gasteiger partial charge in [0.2, 0.25) is 0 Å². The summed E-state index contributed by atoms with van der Waals surface area (Å²) < 4.78 is 4.66. The number of aromatic hydroxyl groups is 1. The summed E-state index contributed by atoms with van der Waals surface area (Å²) in [5.41, 5.74) is 1.36. The quantitative estimate of drug-likeness (QED) is 0.753. The third-order valence-electron chi connectivity index (χ3n) is 2.50. The number of nitrogens with zero attached hydrogens (tertiary/aromatic N) is 1. The third-order valence-corrected chi connectivity index (χ3v) is 2.50. The van der Waals surface area contributed by atoms with Crippen LogP contribution in [0.4, 0.5) is 0 Å². The highest BCUT2D eigenvalue weighted by molar-refractivity contribution is 5.75. The molecule has 5 heteroatoms. The zero-order valence-electron chi connectivity index (χ0n) is 10.4. The number of aromatic nitrogens is 1. The zero-order chi connectivity index (χ0) is 12.8. The molecule has 1 atom stereocenters. The van der Waals surface area contributed by atoms with Crippen molar-refractivity contribution in [1.29, 1.82) is 0 Å². The van der Waals surface area contributed by atoms with E-state index in [1.165, 1.54) is 7.11 Å². The predicted molar refractivity (Wildman–Crippen MR) is 63.6 cm³/mol. The molecule has 1 rings (SSSR count). The largest absolute Gasteiger partial charge is 0.506 e. The molecule has 0 aliphatic carbocycles. The number of hydrogen-bond donors (Lipinski definition) is 2. The number of hydrogen-bond acceptors (Lipinski definition) is 5. The van der Waals surface area contributed by atoms with Gasteiger partial charge in [-0.3, -0.25) is 15.1 Å². The fraction of sp³-hybridized carbons (Fsp3) is 0.500. The van der Waals surface area contributed by atoms with E-state index in [4.69, 9.17) is 0 Å². The Balaban J connectivity index is 2.65. The fourth-order valence-electron chi connectivity index (χ4n) is 1.49. The van der Waals surface area contributed by atoms with Gasteiger partial charge in [0.15, 0.2) is 0 Å². The van der Waals surface area contributed by atoms with Gasteiger partial charge in [-0.15, -0.1) is 0 Å². The van der Waals surface area contributed by atoms with Crippen LogP contribution in [0.5, 0.6) is 5.75 Å². The van der Waals surface area contributed by atoms with Crippen molar-refractivity contribution in [3.05, 3.63) is 23.5 Å². The summed E-state index contributed by atoms with van der Waals surface area (Å²) in [6.07, 6.45) is 0.624. The number of carbonyl (C=O) groups is 1. The van der Waals surface area contributed by atoms with Crippen molar-refractivity contribution in [2.75, 3.05) is 7.11 Å². The normalized spacial score (nSPS) is 12.2. The van der Waals surface area contributed by atoms with Crippen molar-refractivity contribution in [2.24, 2.45) is 0 Å². The van der Waals surface area contributed by atoms with Crippen molar-refractivity contribution in [2.45, 2.75) is 32.9 Å². The van der Waals surface area contributed by atoms with Crippen molar-refractivity contribution in [3.8, 4) is 5.75 Å². The number of pyridine rings is 1. The smallest absolute Gasteiger partial charge is 0.322 e. The highest BCUT2D eigenvalue weighted by Gasteiger charge is 2.16. The summed E-state index contributed by atoms with van der Waals surface area (Å²) in [6.45, 7) is 4.07. The van der Waals surface area contributed by atoms with Crippen LogP contribution in [-0.2, 0) is 16.1 Å². The maximum atomic E-state index is 11.3. The molecule has 1 aromatic heterocycles. The Morgan fingerprint density at radius 3 is 2.88 bits per heavy atom. The molecule has 5 nitrogen and oxygen atoms in total. The third kappa shape index (κ3) is 3.71. The molecule has 0 bridgehead atoms. The Morgan fingerprint density at radius 1 is 1.59 bits per heavy atom. The van der Waals surface area contributed by atoms with Crippen LogP contribution >= 0.6 is 0 Å². The molecule has 0 aromatic carbocycles. The van der Waals surface area contributed by atoms with Gasteiger partial charge in [0.25, 0.3) is 0 Å². The van der Waals surface area contributed by atoms with Gasteiger partial charge in [0.1, 0.15) is 11.8 Å². The lowest BCUT2D eigenvalue weighted by Crippen LogP contribution is -2.36. The van der Waals surface area contributed by atoms with Crippen LogP contribution in [0.2, 0.25) is 0 Å². The maximum Gasteiger partial charge on any atom is 0.322 e. The van der Waals surface area contributed by atoms with Gasteiger partial charge >= 0.3 is 5.97 Å². The number of nitrogens with one attached hydrogen (secondary N) is 1. The number of ether oxygens (including phenoxy) is 1. The Bertz CT molecular complexity index is 393. The molecule has 0 amide bonds. The van der Waals surface area contributed by atoms with E-state index in [1.54, 1.807) is 12.1 Å². The monoisotopic (exact) mass is 238 g/mol. The van der Waals surface area contributed by atoms with E-state index >= 15 is 0 Å². The number of aryl methyl sites for hydroxylation is 1. The van der Waals surface area contributed by atoms with E-state index < -0.39 is 0 Å². The summed E-state index contributed by atoms with van der Waals surface area (Å²) in [5, 5.41) is 12.6. The first kappa shape index (κ1) is 13.4. The van der Waals surface area contributed by atoms with E-state index in [-0.39, 0.29) is 17.8 Å². The van der Waals surface area contributed by atoms with E-state index in [1.807, 2.05) is 13.8 Å². The molecule has 0 saturated carbocycles. The predicted octanol–water partition coefficient (Wildman–Crippen LogP) is 1.14. The van der Waals surface area contributed by atoms with Gasteiger partial charge in [0, 0.05) is 12.2 Å². The topological polar surface area (TPSA) is 71.5 Å². The molecule has 1 heterocycles. The molecule has 94 valence electrons. The van der Waals surface area contributed by atoms with Gasteiger partial charge < -0.3 is 9.84 Å². The Labute approximate surface area is 101 Å². The van der Waals surface area contributed by atoms with Gasteiger partial charge in [-0.05, 0) is 25.5 Å². The van der Waals surface area contributed by atoms with E-state index in [2.05, 4.69) is 15.0 Å².